The van der Waals surface area contributed by atoms with Crippen molar-refractivity contribution in [2.75, 3.05) is 19.5 Å². The number of anilines is 1. The topological polar surface area (TPSA) is 111 Å². The number of ketones is 1. The van der Waals surface area contributed by atoms with Crippen molar-refractivity contribution in [1.82, 2.24) is 5.32 Å². The predicted octanol–water partition coefficient (Wildman–Crippen LogP) is 1.27. The molecule has 8 nitrogen and oxygen atoms in total. The molecule has 1 saturated heterocycles. The standard InChI is InChI=1S/C19H19BrN2O6/c1-27-16(25)19(17(26)28-2)10-4-3-5-13(23)14(10)18(22-19)11-8-9(20)6-7-12(11)21-15(18)24/h6-8,10,14,22H,3-5H2,1-2H3,(H,21,24)/t10-,14-,18+/m1/s1. The molecule has 2 heterocycles. The summed E-state index contributed by atoms with van der Waals surface area (Å²) >= 11 is 3.40. The first kappa shape index (κ1) is 19.1. The van der Waals surface area contributed by atoms with Crippen molar-refractivity contribution in [2.24, 2.45) is 11.8 Å². The van der Waals surface area contributed by atoms with Gasteiger partial charge in [0.15, 0.2) is 0 Å². The van der Waals surface area contributed by atoms with Gasteiger partial charge < -0.3 is 14.8 Å². The number of hydrogen-bond donors (Lipinski definition) is 2. The number of carbonyl (C=O) groups is 4. The number of Topliss-reactive ketones (excluding diaryl/α,β-unsaturated/α-hetero) is 1. The normalized spacial score (nSPS) is 29.8. The number of benzene rings is 1. The smallest absolute Gasteiger partial charge is 0.338 e. The van der Waals surface area contributed by atoms with Crippen molar-refractivity contribution in [3.63, 3.8) is 0 Å². The fourth-order valence-corrected chi connectivity index (χ4v) is 5.43. The molecule has 148 valence electrons. The molecule has 0 aromatic heterocycles. The molecular formula is C19H19BrN2O6. The number of methoxy groups -OCH3 is 2. The molecule has 0 radical (unpaired) electrons. The predicted molar refractivity (Wildman–Crippen MR) is 100 cm³/mol. The number of carbonyl (C=O) groups excluding carboxylic acids is 4. The number of rotatable bonds is 2. The van der Waals surface area contributed by atoms with Crippen LogP contribution >= 0.6 is 15.9 Å². The van der Waals surface area contributed by atoms with Gasteiger partial charge >= 0.3 is 11.9 Å². The zero-order chi connectivity index (χ0) is 20.3. The molecule has 2 N–H and O–H groups in total. The molecule has 0 unspecified atom stereocenters. The summed E-state index contributed by atoms with van der Waals surface area (Å²) in [6, 6.07) is 5.21. The summed E-state index contributed by atoms with van der Waals surface area (Å²) < 4.78 is 10.6. The number of nitrogens with one attached hydrogen (secondary N) is 2. The number of amides is 1. The van der Waals surface area contributed by atoms with E-state index in [1.807, 2.05) is 0 Å². The molecular weight excluding hydrogens is 432 g/mol. The van der Waals surface area contributed by atoms with Crippen molar-refractivity contribution in [1.29, 1.82) is 0 Å². The third kappa shape index (κ3) is 2.20. The van der Waals surface area contributed by atoms with Crippen molar-refractivity contribution in [2.45, 2.75) is 30.3 Å². The zero-order valence-corrected chi connectivity index (χ0v) is 16.9. The van der Waals surface area contributed by atoms with E-state index in [4.69, 9.17) is 9.47 Å². The average Bonchev–Trinajstić information content (AvgIpc) is 3.16. The van der Waals surface area contributed by atoms with Gasteiger partial charge in [-0.25, -0.2) is 9.59 Å². The second-order valence-electron chi connectivity index (χ2n) is 7.31. The molecule has 1 spiro atoms. The third-order valence-electron chi connectivity index (χ3n) is 6.13. The highest BCUT2D eigenvalue weighted by Crippen LogP contribution is 2.56. The minimum absolute atomic E-state index is 0.165. The van der Waals surface area contributed by atoms with Gasteiger partial charge in [-0.15, -0.1) is 0 Å². The number of halogens is 1. The summed E-state index contributed by atoms with van der Waals surface area (Å²) in [5.41, 5.74) is -2.44. The lowest BCUT2D eigenvalue weighted by atomic mass is 9.65. The largest absolute Gasteiger partial charge is 0.467 e. The minimum atomic E-state index is -1.94. The fraction of sp³-hybridized carbons (Fsp3) is 0.474. The lowest BCUT2D eigenvalue weighted by Crippen LogP contribution is -2.63. The van der Waals surface area contributed by atoms with Crippen LogP contribution in [0, 0.1) is 11.8 Å². The van der Waals surface area contributed by atoms with E-state index in [1.54, 1.807) is 18.2 Å². The SMILES string of the molecule is COC(=O)C1(C(=O)OC)N[C@]2(C(=O)Nc3ccc(Br)cc32)[C@H]2C(=O)CCC[C@H]21. The summed E-state index contributed by atoms with van der Waals surface area (Å²) in [6.07, 6.45) is 1.20. The van der Waals surface area contributed by atoms with Gasteiger partial charge in [0, 0.05) is 28.1 Å². The number of fused-ring (bicyclic) bond motifs is 4. The Balaban J connectivity index is 2.01. The van der Waals surface area contributed by atoms with Crippen LogP contribution in [0.5, 0.6) is 0 Å². The highest BCUT2D eigenvalue weighted by Gasteiger charge is 2.75. The van der Waals surface area contributed by atoms with Crippen molar-refractivity contribution >= 4 is 45.2 Å². The van der Waals surface area contributed by atoms with Crippen LogP contribution in [0.25, 0.3) is 0 Å². The van der Waals surface area contributed by atoms with Gasteiger partial charge in [-0.2, -0.15) is 0 Å². The highest BCUT2D eigenvalue weighted by molar-refractivity contribution is 9.10. The van der Waals surface area contributed by atoms with Crippen LogP contribution in [-0.2, 0) is 34.2 Å². The number of ether oxygens (including phenoxy) is 2. The van der Waals surface area contributed by atoms with Gasteiger partial charge in [-0.3, -0.25) is 14.9 Å². The first-order valence-corrected chi connectivity index (χ1v) is 9.72. The van der Waals surface area contributed by atoms with E-state index in [1.165, 1.54) is 14.2 Å². The second-order valence-corrected chi connectivity index (χ2v) is 8.23. The number of esters is 2. The Hall–Kier alpha value is -2.26. The molecule has 2 aliphatic heterocycles. The van der Waals surface area contributed by atoms with Gasteiger partial charge in [0.2, 0.25) is 11.4 Å². The van der Waals surface area contributed by atoms with Gasteiger partial charge in [0.25, 0.3) is 0 Å². The monoisotopic (exact) mass is 450 g/mol. The summed E-state index contributed by atoms with van der Waals surface area (Å²) in [4.78, 5) is 52.1. The molecule has 1 saturated carbocycles. The van der Waals surface area contributed by atoms with Crippen molar-refractivity contribution < 1.29 is 28.7 Å². The Morgan fingerprint density at radius 2 is 1.86 bits per heavy atom. The van der Waals surface area contributed by atoms with Crippen molar-refractivity contribution in [3.8, 4) is 0 Å². The maximum absolute atomic E-state index is 13.2. The molecule has 3 aliphatic rings. The van der Waals surface area contributed by atoms with E-state index in [0.29, 0.717) is 28.6 Å². The second kappa shape index (κ2) is 6.38. The van der Waals surface area contributed by atoms with E-state index in [0.717, 1.165) is 0 Å². The highest BCUT2D eigenvalue weighted by atomic mass is 79.9. The molecule has 4 rings (SSSR count). The lowest BCUT2D eigenvalue weighted by Gasteiger charge is -2.34. The number of hydrogen-bond acceptors (Lipinski definition) is 7. The van der Waals surface area contributed by atoms with E-state index in [2.05, 4.69) is 26.6 Å². The summed E-state index contributed by atoms with van der Waals surface area (Å²) in [7, 11) is 2.33. The summed E-state index contributed by atoms with van der Waals surface area (Å²) in [5.74, 6) is -4.02. The Labute approximate surface area is 169 Å². The van der Waals surface area contributed by atoms with Crippen LogP contribution in [0.15, 0.2) is 22.7 Å². The first-order chi connectivity index (χ1) is 13.3. The van der Waals surface area contributed by atoms with Gasteiger partial charge in [-0.1, -0.05) is 15.9 Å². The van der Waals surface area contributed by atoms with Gasteiger partial charge in [0.05, 0.1) is 20.1 Å². The molecule has 2 fully saturated rings. The Kier molecular flexibility index (Phi) is 4.35. The van der Waals surface area contributed by atoms with Crippen LogP contribution in [0.2, 0.25) is 0 Å². The van der Waals surface area contributed by atoms with Gasteiger partial charge in [0.1, 0.15) is 11.3 Å². The Bertz CT molecular complexity index is 900. The molecule has 9 heteroatoms. The third-order valence-corrected chi connectivity index (χ3v) is 6.63. The Morgan fingerprint density at radius 1 is 1.18 bits per heavy atom. The Morgan fingerprint density at radius 3 is 2.50 bits per heavy atom. The average molecular weight is 451 g/mol. The molecule has 1 aromatic carbocycles. The fourth-order valence-electron chi connectivity index (χ4n) is 5.07. The summed E-state index contributed by atoms with van der Waals surface area (Å²) in [6.45, 7) is 0. The van der Waals surface area contributed by atoms with Crippen LogP contribution in [-0.4, -0.2) is 43.4 Å². The molecule has 0 bridgehead atoms. The maximum atomic E-state index is 13.2. The quantitative estimate of drug-likeness (QED) is 0.515. The van der Waals surface area contributed by atoms with Crippen LogP contribution in [0.4, 0.5) is 5.69 Å². The molecule has 28 heavy (non-hydrogen) atoms. The minimum Gasteiger partial charge on any atom is -0.467 e. The van der Waals surface area contributed by atoms with E-state index < -0.39 is 40.8 Å². The summed E-state index contributed by atoms with van der Waals surface area (Å²) in [5, 5.41) is 5.77. The van der Waals surface area contributed by atoms with Crippen LogP contribution in [0.1, 0.15) is 24.8 Å². The van der Waals surface area contributed by atoms with E-state index >= 15 is 0 Å². The van der Waals surface area contributed by atoms with Gasteiger partial charge in [-0.05, 0) is 31.0 Å². The maximum Gasteiger partial charge on any atom is 0.338 e. The lowest BCUT2D eigenvalue weighted by molar-refractivity contribution is -0.166. The van der Waals surface area contributed by atoms with E-state index in [9.17, 15) is 19.2 Å². The van der Waals surface area contributed by atoms with E-state index in [-0.39, 0.29) is 12.2 Å². The van der Waals surface area contributed by atoms with Crippen molar-refractivity contribution in [3.05, 3.63) is 28.2 Å². The molecule has 1 aromatic rings. The molecule has 3 atom stereocenters. The first-order valence-electron chi connectivity index (χ1n) is 8.93. The van der Waals surface area contributed by atoms with Crippen LogP contribution in [0.3, 0.4) is 0 Å². The zero-order valence-electron chi connectivity index (χ0n) is 15.3. The van der Waals surface area contributed by atoms with Crippen LogP contribution < -0.4 is 10.6 Å². The molecule has 1 amide bonds. The molecule has 1 aliphatic carbocycles.